The number of allylic oxidation sites excluding steroid dienone is 3. The molecule has 1 amide bonds. The van der Waals surface area contributed by atoms with Crippen LogP contribution in [-0.4, -0.2) is 22.9 Å². The van der Waals surface area contributed by atoms with E-state index < -0.39 is 0 Å². The molecule has 0 aliphatic heterocycles. The lowest BCUT2D eigenvalue weighted by Crippen LogP contribution is -2.42. The maximum Gasteiger partial charge on any atom is 0.255 e. The number of carbonyl (C=O) groups is 1. The van der Waals surface area contributed by atoms with Crippen molar-refractivity contribution in [1.29, 1.82) is 0 Å². The van der Waals surface area contributed by atoms with Gasteiger partial charge >= 0.3 is 0 Å². The lowest BCUT2D eigenvalue weighted by Gasteiger charge is -2.31. The van der Waals surface area contributed by atoms with Gasteiger partial charge < -0.3 is 4.90 Å². The summed E-state index contributed by atoms with van der Waals surface area (Å²) in [4.78, 5) is 15.2. The summed E-state index contributed by atoms with van der Waals surface area (Å²) in [7, 11) is 0. The van der Waals surface area contributed by atoms with Crippen LogP contribution in [0.3, 0.4) is 0 Å². The van der Waals surface area contributed by atoms with Gasteiger partial charge in [-0.1, -0.05) is 54.6 Å². The third-order valence-corrected chi connectivity index (χ3v) is 5.34. The van der Waals surface area contributed by atoms with Crippen LogP contribution in [0, 0.1) is 0 Å². The van der Waals surface area contributed by atoms with E-state index in [4.69, 9.17) is 0 Å². The van der Waals surface area contributed by atoms with E-state index >= 15 is 0 Å². The third-order valence-electron chi connectivity index (χ3n) is 5.34. The monoisotopic (exact) mass is 367 g/mol. The van der Waals surface area contributed by atoms with E-state index in [0.29, 0.717) is 0 Å². The van der Waals surface area contributed by atoms with Crippen molar-refractivity contribution in [3.05, 3.63) is 94.8 Å². The van der Waals surface area contributed by atoms with E-state index in [-0.39, 0.29) is 18.0 Å². The van der Waals surface area contributed by atoms with Crippen LogP contribution in [0.15, 0.2) is 83.6 Å². The van der Waals surface area contributed by atoms with Gasteiger partial charge in [0, 0.05) is 23.2 Å². The van der Waals surface area contributed by atoms with Gasteiger partial charge in [-0.15, -0.1) is 5.73 Å². The Morgan fingerprint density at radius 3 is 1.82 bits per heavy atom. The highest BCUT2D eigenvalue weighted by Gasteiger charge is 2.27. The minimum absolute atomic E-state index is 0.0673. The number of hydrogen-bond donors (Lipinski definition) is 0. The first-order chi connectivity index (χ1) is 13.5. The molecule has 0 saturated heterocycles. The molecule has 0 unspecified atom stereocenters. The Labute approximate surface area is 167 Å². The van der Waals surface area contributed by atoms with Crippen LogP contribution in [-0.2, 0) is 4.79 Å². The van der Waals surface area contributed by atoms with Crippen LogP contribution in [0.25, 0.3) is 16.7 Å². The summed E-state index contributed by atoms with van der Waals surface area (Å²) in [5.74, 6) is 0.0673. The Bertz CT molecular complexity index is 1020. The topological polar surface area (TPSA) is 20.3 Å². The Hall–Kier alpha value is -3.09. The lowest BCUT2D eigenvalue weighted by molar-refractivity contribution is -0.130. The van der Waals surface area contributed by atoms with E-state index in [1.165, 1.54) is 22.3 Å². The summed E-state index contributed by atoms with van der Waals surface area (Å²) in [6.45, 7) is 8.25. The molecule has 0 aromatic heterocycles. The standard InChI is InChI=1S/C26H25NO/c1-17(2)27(18(3)4)26(28)20-15-9-10-19(20)16-25-23-13-7-5-11-21(23)22-12-6-8-14-24(22)25/h5-15,17-18H,1-4H3. The predicted octanol–water partition coefficient (Wildman–Crippen LogP) is 5.77. The summed E-state index contributed by atoms with van der Waals surface area (Å²) in [5, 5.41) is 0. The van der Waals surface area contributed by atoms with Gasteiger partial charge in [0.15, 0.2) is 0 Å². The number of carbonyl (C=O) groups excluding carboxylic acids is 1. The molecule has 2 aliphatic rings. The van der Waals surface area contributed by atoms with E-state index in [1.54, 1.807) is 0 Å². The van der Waals surface area contributed by atoms with Crippen LogP contribution < -0.4 is 0 Å². The van der Waals surface area contributed by atoms with Crippen molar-refractivity contribution >= 4 is 11.5 Å². The van der Waals surface area contributed by atoms with Crippen molar-refractivity contribution in [2.45, 2.75) is 39.8 Å². The quantitative estimate of drug-likeness (QED) is 0.539. The molecule has 0 atom stereocenters. The molecule has 4 rings (SSSR count). The Kier molecular flexibility index (Phi) is 4.66. The summed E-state index contributed by atoms with van der Waals surface area (Å²) < 4.78 is 0. The SMILES string of the molecule is CC(C)N(C(=O)C1=CC=CC1=C=C1c2ccccc2-c2ccccc21)C(C)C. The zero-order valence-electron chi connectivity index (χ0n) is 16.9. The fourth-order valence-corrected chi connectivity index (χ4v) is 4.21. The molecule has 0 heterocycles. The van der Waals surface area contributed by atoms with Crippen LogP contribution in [0.2, 0.25) is 0 Å². The number of benzene rings is 2. The van der Waals surface area contributed by atoms with Crippen molar-refractivity contribution in [2.24, 2.45) is 0 Å². The molecule has 2 aromatic rings. The Balaban J connectivity index is 1.86. The lowest BCUT2D eigenvalue weighted by atomic mass is 10.0. The second kappa shape index (κ2) is 7.14. The van der Waals surface area contributed by atoms with Gasteiger partial charge in [0.1, 0.15) is 0 Å². The Morgan fingerprint density at radius 2 is 1.32 bits per heavy atom. The second-order valence-electron chi connectivity index (χ2n) is 7.84. The van der Waals surface area contributed by atoms with Crippen molar-refractivity contribution in [1.82, 2.24) is 4.90 Å². The fourth-order valence-electron chi connectivity index (χ4n) is 4.21. The first-order valence-corrected chi connectivity index (χ1v) is 9.90. The summed E-state index contributed by atoms with van der Waals surface area (Å²) in [6.07, 6.45) is 5.85. The van der Waals surface area contributed by atoms with Crippen molar-refractivity contribution in [2.75, 3.05) is 0 Å². The highest BCUT2D eigenvalue weighted by atomic mass is 16.2. The van der Waals surface area contributed by atoms with E-state index in [2.05, 4.69) is 82.0 Å². The van der Waals surface area contributed by atoms with Gasteiger partial charge in [-0.3, -0.25) is 4.79 Å². The molecular weight excluding hydrogens is 342 g/mol. The van der Waals surface area contributed by atoms with E-state index in [9.17, 15) is 4.79 Å². The number of amides is 1. The van der Waals surface area contributed by atoms with Crippen LogP contribution in [0.1, 0.15) is 38.8 Å². The minimum atomic E-state index is 0.0673. The first kappa shape index (κ1) is 18.3. The average molecular weight is 367 g/mol. The average Bonchev–Trinajstić information content (AvgIpc) is 3.25. The van der Waals surface area contributed by atoms with Crippen molar-refractivity contribution in [3.63, 3.8) is 0 Å². The molecule has 0 radical (unpaired) electrons. The molecular formula is C26H25NO. The highest BCUT2D eigenvalue weighted by Crippen LogP contribution is 2.43. The smallest absolute Gasteiger partial charge is 0.255 e. The molecule has 0 bridgehead atoms. The first-order valence-electron chi connectivity index (χ1n) is 9.90. The molecule has 0 N–H and O–H groups in total. The van der Waals surface area contributed by atoms with Crippen molar-refractivity contribution < 1.29 is 4.79 Å². The van der Waals surface area contributed by atoms with Gasteiger partial charge in [-0.2, -0.15) is 0 Å². The number of rotatable bonds is 3. The molecule has 2 nitrogen and oxygen atoms in total. The zero-order chi connectivity index (χ0) is 19.8. The molecule has 2 aliphatic carbocycles. The van der Waals surface area contributed by atoms with E-state index in [1.807, 2.05) is 23.1 Å². The number of hydrogen-bond acceptors (Lipinski definition) is 1. The zero-order valence-corrected chi connectivity index (χ0v) is 16.9. The molecule has 28 heavy (non-hydrogen) atoms. The van der Waals surface area contributed by atoms with Gasteiger partial charge in [0.05, 0.1) is 5.57 Å². The molecule has 0 fully saturated rings. The van der Waals surface area contributed by atoms with Gasteiger partial charge in [0.2, 0.25) is 0 Å². The summed E-state index contributed by atoms with van der Waals surface area (Å²) in [6, 6.07) is 17.1. The van der Waals surface area contributed by atoms with Gasteiger partial charge in [0.25, 0.3) is 5.91 Å². The molecule has 0 saturated carbocycles. The van der Waals surface area contributed by atoms with Crippen LogP contribution in [0.5, 0.6) is 0 Å². The number of nitrogens with zero attached hydrogens (tertiary/aromatic N) is 1. The van der Waals surface area contributed by atoms with E-state index in [0.717, 1.165) is 16.7 Å². The Morgan fingerprint density at radius 1 is 0.821 bits per heavy atom. The van der Waals surface area contributed by atoms with Crippen LogP contribution >= 0.6 is 0 Å². The highest BCUT2D eigenvalue weighted by molar-refractivity contribution is 6.04. The third kappa shape index (κ3) is 2.96. The largest absolute Gasteiger partial charge is 0.334 e. The maximum absolute atomic E-state index is 13.3. The predicted molar refractivity (Wildman–Crippen MR) is 116 cm³/mol. The molecule has 140 valence electrons. The van der Waals surface area contributed by atoms with Gasteiger partial charge in [-0.25, -0.2) is 0 Å². The fraction of sp³-hybridized carbons (Fsp3) is 0.231. The normalized spacial score (nSPS) is 14.3. The second-order valence-corrected chi connectivity index (χ2v) is 7.84. The summed E-state index contributed by atoms with van der Waals surface area (Å²) >= 11 is 0. The molecule has 0 spiro atoms. The summed E-state index contributed by atoms with van der Waals surface area (Å²) in [5.41, 5.74) is 11.0. The molecule has 2 heteroatoms. The minimum Gasteiger partial charge on any atom is -0.334 e. The molecule has 2 aromatic carbocycles. The van der Waals surface area contributed by atoms with Crippen LogP contribution in [0.4, 0.5) is 0 Å². The van der Waals surface area contributed by atoms with Crippen molar-refractivity contribution in [3.8, 4) is 11.1 Å². The maximum atomic E-state index is 13.3. The number of fused-ring (bicyclic) bond motifs is 3. The van der Waals surface area contributed by atoms with Gasteiger partial charge in [-0.05, 0) is 62.1 Å².